The molecular formula is C19H19N3O3. The SMILES string of the molecule is COc1ccc(CCNC(=O)c2ccc(-c3nc(C)no3)cc2)cc1. The van der Waals surface area contributed by atoms with E-state index in [1.165, 1.54) is 0 Å². The van der Waals surface area contributed by atoms with E-state index >= 15 is 0 Å². The topological polar surface area (TPSA) is 77.2 Å². The summed E-state index contributed by atoms with van der Waals surface area (Å²) in [4.78, 5) is 16.4. The van der Waals surface area contributed by atoms with E-state index in [1.807, 2.05) is 24.3 Å². The first-order valence-electron chi connectivity index (χ1n) is 7.97. The Morgan fingerprint density at radius 2 is 1.84 bits per heavy atom. The Balaban J connectivity index is 1.54. The Labute approximate surface area is 145 Å². The lowest BCUT2D eigenvalue weighted by atomic mass is 10.1. The number of nitrogens with zero attached hydrogens (tertiary/aromatic N) is 2. The number of ether oxygens (including phenoxy) is 1. The van der Waals surface area contributed by atoms with E-state index in [-0.39, 0.29) is 5.91 Å². The Morgan fingerprint density at radius 1 is 1.12 bits per heavy atom. The van der Waals surface area contributed by atoms with Crippen molar-refractivity contribution in [1.82, 2.24) is 15.5 Å². The fourth-order valence-electron chi connectivity index (χ4n) is 2.39. The van der Waals surface area contributed by atoms with Crippen LogP contribution >= 0.6 is 0 Å². The first kappa shape index (κ1) is 16.7. The predicted molar refractivity (Wildman–Crippen MR) is 93.5 cm³/mol. The number of benzene rings is 2. The quantitative estimate of drug-likeness (QED) is 0.748. The number of hydrogen-bond donors (Lipinski definition) is 1. The number of amides is 1. The highest BCUT2D eigenvalue weighted by Crippen LogP contribution is 2.17. The molecule has 0 bridgehead atoms. The van der Waals surface area contributed by atoms with Crippen LogP contribution in [0.4, 0.5) is 0 Å². The highest BCUT2D eigenvalue weighted by Gasteiger charge is 2.09. The molecule has 0 aliphatic heterocycles. The largest absolute Gasteiger partial charge is 0.497 e. The summed E-state index contributed by atoms with van der Waals surface area (Å²) >= 11 is 0. The minimum absolute atomic E-state index is 0.109. The fraction of sp³-hybridized carbons (Fsp3) is 0.211. The average Bonchev–Trinajstić information content (AvgIpc) is 3.09. The molecule has 6 nitrogen and oxygen atoms in total. The van der Waals surface area contributed by atoms with Crippen molar-refractivity contribution in [3.05, 3.63) is 65.5 Å². The van der Waals surface area contributed by atoms with Crippen LogP contribution in [-0.2, 0) is 6.42 Å². The first-order valence-corrected chi connectivity index (χ1v) is 7.97. The third-order valence-corrected chi connectivity index (χ3v) is 3.78. The van der Waals surface area contributed by atoms with Gasteiger partial charge in [-0.3, -0.25) is 4.79 Å². The number of hydrogen-bond acceptors (Lipinski definition) is 5. The van der Waals surface area contributed by atoms with Crippen LogP contribution in [0.5, 0.6) is 5.75 Å². The van der Waals surface area contributed by atoms with Gasteiger partial charge in [0, 0.05) is 17.7 Å². The van der Waals surface area contributed by atoms with E-state index in [4.69, 9.17) is 9.26 Å². The van der Waals surface area contributed by atoms with Crippen LogP contribution < -0.4 is 10.1 Å². The molecule has 3 aromatic rings. The molecule has 128 valence electrons. The number of carbonyl (C=O) groups excluding carboxylic acids is 1. The summed E-state index contributed by atoms with van der Waals surface area (Å²) in [6, 6.07) is 14.9. The van der Waals surface area contributed by atoms with Crippen molar-refractivity contribution in [2.45, 2.75) is 13.3 Å². The van der Waals surface area contributed by atoms with Crippen LogP contribution in [0, 0.1) is 6.92 Å². The number of methoxy groups -OCH3 is 1. The molecule has 0 fully saturated rings. The number of carbonyl (C=O) groups is 1. The van der Waals surface area contributed by atoms with E-state index in [0.717, 1.165) is 23.3 Å². The van der Waals surface area contributed by atoms with E-state index in [9.17, 15) is 4.79 Å². The molecule has 0 atom stereocenters. The van der Waals surface area contributed by atoms with Gasteiger partial charge >= 0.3 is 0 Å². The lowest BCUT2D eigenvalue weighted by Gasteiger charge is -2.06. The monoisotopic (exact) mass is 337 g/mol. The molecule has 3 rings (SSSR count). The lowest BCUT2D eigenvalue weighted by molar-refractivity contribution is 0.0954. The molecule has 2 aromatic carbocycles. The normalized spacial score (nSPS) is 10.5. The smallest absolute Gasteiger partial charge is 0.257 e. The van der Waals surface area contributed by atoms with Gasteiger partial charge in [0.25, 0.3) is 11.8 Å². The Morgan fingerprint density at radius 3 is 2.44 bits per heavy atom. The molecule has 1 amide bonds. The zero-order valence-corrected chi connectivity index (χ0v) is 14.2. The number of aromatic nitrogens is 2. The molecule has 0 aliphatic carbocycles. The van der Waals surface area contributed by atoms with Gasteiger partial charge < -0.3 is 14.6 Å². The van der Waals surface area contributed by atoms with Gasteiger partial charge in [-0.25, -0.2) is 0 Å². The second-order valence-electron chi connectivity index (χ2n) is 5.58. The number of aryl methyl sites for hydroxylation is 1. The zero-order valence-electron chi connectivity index (χ0n) is 14.2. The molecule has 0 spiro atoms. The third-order valence-electron chi connectivity index (χ3n) is 3.78. The van der Waals surface area contributed by atoms with Crippen molar-refractivity contribution in [2.75, 3.05) is 13.7 Å². The summed E-state index contributed by atoms with van der Waals surface area (Å²) in [5, 5.41) is 6.68. The average molecular weight is 337 g/mol. The molecule has 25 heavy (non-hydrogen) atoms. The third kappa shape index (κ3) is 4.23. The summed E-state index contributed by atoms with van der Waals surface area (Å²) in [6.07, 6.45) is 0.759. The second-order valence-corrected chi connectivity index (χ2v) is 5.58. The summed E-state index contributed by atoms with van der Waals surface area (Å²) < 4.78 is 10.2. The molecule has 6 heteroatoms. The molecule has 1 aromatic heterocycles. The number of nitrogens with one attached hydrogen (secondary N) is 1. The van der Waals surface area contributed by atoms with Gasteiger partial charge in [-0.05, 0) is 55.3 Å². The van der Waals surface area contributed by atoms with Crippen molar-refractivity contribution in [1.29, 1.82) is 0 Å². The minimum atomic E-state index is -0.109. The van der Waals surface area contributed by atoms with Gasteiger partial charge in [0.05, 0.1) is 7.11 Å². The van der Waals surface area contributed by atoms with Crippen molar-refractivity contribution < 1.29 is 14.1 Å². The van der Waals surface area contributed by atoms with E-state index in [1.54, 1.807) is 38.3 Å². The predicted octanol–water partition coefficient (Wildman–Crippen LogP) is 3.03. The summed E-state index contributed by atoms with van der Waals surface area (Å²) in [5.41, 5.74) is 2.52. The standard InChI is InChI=1S/C19H19N3O3/c1-13-21-19(25-22-13)16-7-5-15(6-8-16)18(23)20-12-11-14-3-9-17(24-2)10-4-14/h3-10H,11-12H2,1-2H3,(H,20,23). The summed E-state index contributed by atoms with van der Waals surface area (Å²) in [7, 11) is 1.64. The van der Waals surface area contributed by atoms with Crippen molar-refractivity contribution in [3.8, 4) is 17.2 Å². The van der Waals surface area contributed by atoms with Crippen molar-refractivity contribution >= 4 is 5.91 Å². The zero-order chi connectivity index (χ0) is 17.6. The molecular weight excluding hydrogens is 318 g/mol. The highest BCUT2D eigenvalue weighted by molar-refractivity contribution is 5.94. The van der Waals surface area contributed by atoms with Crippen LogP contribution in [0.25, 0.3) is 11.5 Å². The van der Waals surface area contributed by atoms with Gasteiger partial charge in [0.1, 0.15) is 5.75 Å². The van der Waals surface area contributed by atoms with E-state index in [0.29, 0.717) is 23.8 Å². The van der Waals surface area contributed by atoms with Crippen molar-refractivity contribution in [2.24, 2.45) is 0 Å². The highest BCUT2D eigenvalue weighted by atomic mass is 16.5. The van der Waals surface area contributed by atoms with E-state index in [2.05, 4.69) is 15.5 Å². The summed E-state index contributed by atoms with van der Waals surface area (Å²) in [5.74, 6) is 1.74. The molecule has 1 heterocycles. The molecule has 0 aliphatic rings. The molecule has 0 unspecified atom stereocenters. The van der Waals surface area contributed by atoms with Crippen LogP contribution in [0.2, 0.25) is 0 Å². The second kappa shape index (κ2) is 7.61. The maximum Gasteiger partial charge on any atom is 0.257 e. The van der Waals surface area contributed by atoms with Gasteiger partial charge in [0.15, 0.2) is 5.82 Å². The van der Waals surface area contributed by atoms with Gasteiger partial charge in [-0.1, -0.05) is 17.3 Å². The van der Waals surface area contributed by atoms with Crippen LogP contribution in [0.3, 0.4) is 0 Å². The van der Waals surface area contributed by atoms with Crippen LogP contribution in [0.15, 0.2) is 53.1 Å². The van der Waals surface area contributed by atoms with Crippen molar-refractivity contribution in [3.63, 3.8) is 0 Å². The summed E-state index contributed by atoms with van der Waals surface area (Å²) in [6.45, 7) is 2.33. The minimum Gasteiger partial charge on any atom is -0.497 e. The Kier molecular flexibility index (Phi) is 5.09. The molecule has 1 N–H and O–H groups in total. The Hall–Kier alpha value is -3.15. The Bertz CT molecular complexity index is 839. The first-order chi connectivity index (χ1) is 12.2. The number of rotatable bonds is 6. The van der Waals surface area contributed by atoms with Gasteiger partial charge in [-0.2, -0.15) is 4.98 Å². The fourth-order valence-corrected chi connectivity index (χ4v) is 2.39. The molecule has 0 saturated heterocycles. The van der Waals surface area contributed by atoms with Crippen LogP contribution in [0.1, 0.15) is 21.7 Å². The molecule has 0 radical (unpaired) electrons. The lowest BCUT2D eigenvalue weighted by Crippen LogP contribution is -2.25. The van der Waals surface area contributed by atoms with E-state index < -0.39 is 0 Å². The van der Waals surface area contributed by atoms with Crippen LogP contribution in [-0.4, -0.2) is 29.7 Å². The van der Waals surface area contributed by atoms with Gasteiger partial charge in [-0.15, -0.1) is 0 Å². The van der Waals surface area contributed by atoms with Gasteiger partial charge in [0.2, 0.25) is 0 Å². The molecule has 0 saturated carbocycles. The maximum absolute atomic E-state index is 12.2. The maximum atomic E-state index is 12.2.